The molecule has 1 saturated heterocycles. The standard InChI is InChI=1S/C14H20N2OS2/c1-18-13-4-2-11(3-5-13)9-16-14(17)8-12-10-19-7-6-15-12/h2-5,12,15H,6-10H2,1H3,(H,16,17)/t12-/m0/s1. The molecule has 1 aliphatic heterocycles. The summed E-state index contributed by atoms with van der Waals surface area (Å²) in [6, 6.07) is 8.65. The molecule has 0 aromatic heterocycles. The van der Waals surface area contributed by atoms with Crippen LogP contribution >= 0.6 is 23.5 Å². The van der Waals surface area contributed by atoms with Gasteiger partial charge in [0.15, 0.2) is 0 Å². The third-order valence-corrected chi connectivity index (χ3v) is 4.95. The van der Waals surface area contributed by atoms with Crippen molar-refractivity contribution < 1.29 is 4.79 Å². The van der Waals surface area contributed by atoms with Gasteiger partial charge in [-0.3, -0.25) is 4.79 Å². The minimum atomic E-state index is 0.133. The second-order valence-corrected chi connectivity index (χ2v) is 6.58. The van der Waals surface area contributed by atoms with Crippen LogP contribution in [0.15, 0.2) is 29.2 Å². The molecule has 3 nitrogen and oxygen atoms in total. The van der Waals surface area contributed by atoms with Crippen LogP contribution in [-0.4, -0.2) is 36.3 Å². The molecule has 1 amide bonds. The summed E-state index contributed by atoms with van der Waals surface area (Å²) >= 11 is 3.65. The summed E-state index contributed by atoms with van der Waals surface area (Å²) in [5.74, 6) is 2.32. The first-order valence-electron chi connectivity index (χ1n) is 6.48. The average Bonchev–Trinajstić information content (AvgIpc) is 2.47. The van der Waals surface area contributed by atoms with Gasteiger partial charge in [-0.05, 0) is 24.0 Å². The molecular weight excluding hydrogens is 276 g/mol. The summed E-state index contributed by atoms with van der Waals surface area (Å²) in [5.41, 5.74) is 1.15. The molecule has 1 aromatic carbocycles. The maximum absolute atomic E-state index is 11.8. The van der Waals surface area contributed by atoms with Gasteiger partial charge in [0.05, 0.1) is 0 Å². The van der Waals surface area contributed by atoms with Gasteiger partial charge in [-0.25, -0.2) is 0 Å². The maximum Gasteiger partial charge on any atom is 0.221 e. The smallest absolute Gasteiger partial charge is 0.221 e. The van der Waals surface area contributed by atoms with Gasteiger partial charge in [0.1, 0.15) is 0 Å². The summed E-state index contributed by atoms with van der Waals surface area (Å²) in [5, 5.41) is 6.37. The summed E-state index contributed by atoms with van der Waals surface area (Å²) in [6.45, 7) is 1.63. The monoisotopic (exact) mass is 296 g/mol. The molecule has 1 heterocycles. The van der Waals surface area contributed by atoms with Gasteiger partial charge in [0.25, 0.3) is 0 Å². The van der Waals surface area contributed by atoms with Crippen LogP contribution in [0.25, 0.3) is 0 Å². The van der Waals surface area contributed by atoms with Crippen molar-refractivity contribution in [2.75, 3.05) is 24.3 Å². The largest absolute Gasteiger partial charge is 0.352 e. The maximum atomic E-state index is 11.8. The lowest BCUT2D eigenvalue weighted by Crippen LogP contribution is -2.41. The van der Waals surface area contributed by atoms with Crippen LogP contribution in [0, 0.1) is 0 Å². The van der Waals surface area contributed by atoms with Gasteiger partial charge in [0.2, 0.25) is 5.91 Å². The van der Waals surface area contributed by atoms with Crippen LogP contribution in [0.4, 0.5) is 0 Å². The lowest BCUT2D eigenvalue weighted by atomic mass is 10.2. The van der Waals surface area contributed by atoms with Crippen molar-refractivity contribution in [3.63, 3.8) is 0 Å². The first-order valence-corrected chi connectivity index (χ1v) is 8.86. The van der Waals surface area contributed by atoms with Crippen LogP contribution in [0.5, 0.6) is 0 Å². The zero-order valence-corrected chi connectivity index (χ0v) is 12.8. The fourth-order valence-corrected chi connectivity index (χ4v) is 3.35. The Hall–Kier alpha value is -0.650. The molecule has 0 bridgehead atoms. The third-order valence-electron chi connectivity index (χ3n) is 3.08. The van der Waals surface area contributed by atoms with Gasteiger partial charge in [0, 0.05) is 42.0 Å². The van der Waals surface area contributed by atoms with E-state index in [0.29, 0.717) is 19.0 Å². The third kappa shape index (κ3) is 5.09. The van der Waals surface area contributed by atoms with Crippen molar-refractivity contribution in [3.8, 4) is 0 Å². The molecule has 0 aliphatic carbocycles. The van der Waals surface area contributed by atoms with E-state index in [1.54, 1.807) is 11.8 Å². The summed E-state index contributed by atoms with van der Waals surface area (Å²) in [4.78, 5) is 13.1. The highest BCUT2D eigenvalue weighted by molar-refractivity contribution is 7.99. The van der Waals surface area contributed by atoms with Crippen LogP contribution < -0.4 is 10.6 Å². The Kier molecular flexibility index (Phi) is 6.07. The molecule has 1 aliphatic rings. The van der Waals surface area contributed by atoms with E-state index < -0.39 is 0 Å². The number of nitrogens with one attached hydrogen (secondary N) is 2. The summed E-state index contributed by atoms with van der Waals surface area (Å²) in [7, 11) is 0. The Morgan fingerprint density at radius 3 is 2.89 bits per heavy atom. The highest BCUT2D eigenvalue weighted by Crippen LogP contribution is 2.15. The van der Waals surface area contributed by atoms with Gasteiger partial charge in [-0.1, -0.05) is 12.1 Å². The summed E-state index contributed by atoms with van der Waals surface area (Å²) in [6.07, 6.45) is 2.64. The molecule has 2 rings (SSSR count). The van der Waals surface area contributed by atoms with E-state index >= 15 is 0 Å². The lowest BCUT2D eigenvalue weighted by molar-refractivity contribution is -0.121. The average molecular weight is 296 g/mol. The van der Waals surface area contributed by atoms with E-state index in [0.717, 1.165) is 23.6 Å². The Labute approximate surface area is 123 Å². The highest BCUT2D eigenvalue weighted by Gasteiger charge is 2.16. The Morgan fingerprint density at radius 1 is 1.47 bits per heavy atom. The fraction of sp³-hybridized carbons (Fsp3) is 0.500. The molecule has 0 spiro atoms. The van der Waals surface area contributed by atoms with Crippen molar-refractivity contribution in [2.45, 2.75) is 23.9 Å². The predicted octanol–water partition coefficient (Wildman–Crippen LogP) is 2.12. The minimum Gasteiger partial charge on any atom is -0.352 e. The molecule has 0 unspecified atom stereocenters. The quantitative estimate of drug-likeness (QED) is 0.817. The Bertz CT molecular complexity index is 402. The number of thioether (sulfide) groups is 2. The number of rotatable bonds is 5. The van der Waals surface area contributed by atoms with Gasteiger partial charge < -0.3 is 10.6 Å². The number of benzene rings is 1. The van der Waals surface area contributed by atoms with E-state index in [9.17, 15) is 4.79 Å². The molecule has 0 saturated carbocycles. The first kappa shape index (κ1) is 14.8. The van der Waals surface area contributed by atoms with E-state index in [1.807, 2.05) is 11.8 Å². The normalized spacial score (nSPS) is 19.1. The Balaban J connectivity index is 1.72. The number of carbonyl (C=O) groups excluding carboxylic acids is 1. The van der Waals surface area contributed by atoms with Gasteiger partial charge >= 0.3 is 0 Å². The molecule has 19 heavy (non-hydrogen) atoms. The fourth-order valence-electron chi connectivity index (χ4n) is 1.99. The van der Waals surface area contributed by atoms with Crippen molar-refractivity contribution >= 4 is 29.4 Å². The molecule has 2 N–H and O–H groups in total. The van der Waals surface area contributed by atoms with Crippen LogP contribution in [0.2, 0.25) is 0 Å². The number of carbonyl (C=O) groups is 1. The molecule has 0 radical (unpaired) electrons. The number of hydrogen-bond donors (Lipinski definition) is 2. The van der Waals surface area contributed by atoms with Crippen molar-refractivity contribution in [1.29, 1.82) is 0 Å². The second kappa shape index (κ2) is 7.82. The van der Waals surface area contributed by atoms with Crippen molar-refractivity contribution in [1.82, 2.24) is 10.6 Å². The summed E-state index contributed by atoms with van der Waals surface area (Å²) < 4.78 is 0. The lowest BCUT2D eigenvalue weighted by Gasteiger charge is -2.22. The zero-order chi connectivity index (χ0) is 13.5. The second-order valence-electron chi connectivity index (χ2n) is 4.55. The zero-order valence-electron chi connectivity index (χ0n) is 11.1. The van der Waals surface area contributed by atoms with Crippen LogP contribution in [-0.2, 0) is 11.3 Å². The predicted molar refractivity (Wildman–Crippen MR) is 83.8 cm³/mol. The van der Waals surface area contributed by atoms with Gasteiger partial charge in [-0.2, -0.15) is 11.8 Å². The number of hydrogen-bond acceptors (Lipinski definition) is 4. The van der Waals surface area contributed by atoms with Gasteiger partial charge in [-0.15, -0.1) is 11.8 Å². The topological polar surface area (TPSA) is 41.1 Å². The Morgan fingerprint density at radius 2 is 2.26 bits per heavy atom. The molecule has 5 heteroatoms. The molecule has 1 aromatic rings. The SMILES string of the molecule is CSc1ccc(CNC(=O)C[C@H]2CSCCN2)cc1. The molecule has 1 atom stereocenters. The van der Waals surface area contributed by atoms with Crippen molar-refractivity contribution in [2.24, 2.45) is 0 Å². The molecule has 104 valence electrons. The van der Waals surface area contributed by atoms with E-state index in [1.165, 1.54) is 4.90 Å². The van der Waals surface area contributed by atoms with Crippen molar-refractivity contribution in [3.05, 3.63) is 29.8 Å². The van der Waals surface area contributed by atoms with E-state index in [-0.39, 0.29) is 5.91 Å². The van der Waals surface area contributed by atoms with Crippen LogP contribution in [0.3, 0.4) is 0 Å². The first-order chi connectivity index (χ1) is 9.28. The van der Waals surface area contributed by atoms with Crippen LogP contribution in [0.1, 0.15) is 12.0 Å². The molecule has 1 fully saturated rings. The minimum absolute atomic E-state index is 0.133. The highest BCUT2D eigenvalue weighted by atomic mass is 32.2. The van der Waals surface area contributed by atoms with E-state index in [4.69, 9.17) is 0 Å². The number of amides is 1. The molecular formula is C14H20N2OS2. The van der Waals surface area contributed by atoms with E-state index in [2.05, 4.69) is 41.2 Å².